The van der Waals surface area contributed by atoms with Gasteiger partial charge in [-0.25, -0.2) is 13.1 Å². The summed E-state index contributed by atoms with van der Waals surface area (Å²) in [5, 5.41) is 0. The second-order valence-corrected chi connectivity index (χ2v) is 6.94. The fraction of sp³-hybridized carbons (Fsp3) is 0.500. The predicted octanol–water partition coefficient (Wildman–Crippen LogP) is 0.769. The summed E-state index contributed by atoms with van der Waals surface area (Å²) in [6, 6.07) is 8.73. The Morgan fingerprint density at radius 1 is 1.25 bits per heavy atom. The van der Waals surface area contributed by atoms with Gasteiger partial charge in [0.2, 0.25) is 15.9 Å². The summed E-state index contributed by atoms with van der Waals surface area (Å²) in [5.74, 6) is -0.128. The maximum absolute atomic E-state index is 12.4. The van der Waals surface area contributed by atoms with E-state index >= 15 is 0 Å². The van der Waals surface area contributed by atoms with Gasteiger partial charge < -0.3 is 4.90 Å². The van der Waals surface area contributed by atoms with Crippen LogP contribution in [0.5, 0.6) is 0 Å². The Kier molecular flexibility index (Phi) is 4.77. The highest BCUT2D eigenvalue weighted by Gasteiger charge is 2.28. The molecule has 5 nitrogen and oxygen atoms in total. The maximum atomic E-state index is 12.4. The van der Waals surface area contributed by atoms with E-state index < -0.39 is 16.1 Å². The van der Waals surface area contributed by atoms with Crippen LogP contribution in [0, 0.1) is 0 Å². The lowest BCUT2D eigenvalue weighted by atomic mass is 10.1. The molecule has 1 atom stereocenters. The lowest BCUT2D eigenvalue weighted by Crippen LogP contribution is -2.48. The van der Waals surface area contributed by atoms with Crippen LogP contribution in [0.2, 0.25) is 0 Å². The number of likely N-dealkylation sites (tertiary alicyclic amines) is 1. The van der Waals surface area contributed by atoms with E-state index in [4.69, 9.17) is 0 Å². The maximum Gasteiger partial charge on any atom is 0.241 e. The molecule has 1 saturated heterocycles. The monoisotopic (exact) mass is 296 g/mol. The number of hydrogen-bond donors (Lipinski definition) is 1. The minimum absolute atomic E-state index is 0.128. The first-order valence-electron chi connectivity index (χ1n) is 6.76. The third-order valence-electron chi connectivity index (χ3n) is 3.35. The largest absolute Gasteiger partial charge is 0.341 e. The van der Waals surface area contributed by atoms with E-state index in [2.05, 4.69) is 4.72 Å². The molecule has 1 aromatic carbocycles. The zero-order chi connectivity index (χ0) is 14.6. The quantitative estimate of drug-likeness (QED) is 0.873. The lowest BCUT2D eigenvalue weighted by molar-refractivity contribution is -0.131. The van der Waals surface area contributed by atoms with Crippen LogP contribution in [-0.4, -0.2) is 44.6 Å². The van der Waals surface area contributed by atoms with Crippen LogP contribution >= 0.6 is 0 Å². The van der Waals surface area contributed by atoms with Crippen molar-refractivity contribution in [1.29, 1.82) is 0 Å². The Labute approximate surface area is 120 Å². The standard InChI is InChI=1S/C14H20N2O3S/c1-20(18,19)15-13(11-12-7-3-2-4-8-12)14(17)16-9-5-6-10-16/h2-4,7-8,13,15H,5-6,9-11H2,1H3/t13-/m0/s1. The Balaban J connectivity index is 2.13. The lowest BCUT2D eigenvalue weighted by Gasteiger charge is -2.23. The molecular formula is C14H20N2O3S. The molecule has 0 unspecified atom stereocenters. The van der Waals surface area contributed by atoms with E-state index in [1.807, 2.05) is 30.3 Å². The highest BCUT2D eigenvalue weighted by molar-refractivity contribution is 7.88. The molecule has 20 heavy (non-hydrogen) atoms. The topological polar surface area (TPSA) is 66.5 Å². The summed E-state index contributed by atoms with van der Waals surface area (Å²) in [6.07, 6.45) is 3.44. The molecule has 1 amide bonds. The SMILES string of the molecule is CS(=O)(=O)N[C@@H](Cc1ccccc1)C(=O)N1CCCC1. The third kappa shape index (κ3) is 4.31. The number of benzene rings is 1. The van der Waals surface area contributed by atoms with Crippen molar-refractivity contribution in [3.8, 4) is 0 Å². The van der Waals surface area contributed by atoms with Crippen molar-refractivity contribution < 1.29 is 13.2 Å². The molecule has 110 valence electrons. The van der Waals surface area contributed by atoms with Crippen molar-refractivity contribution in [2.45, 2.75) is 25.3 Å². The molecule has 6 heteroatoms. The van der Waals surface area contributed by atoms with Gasteiger partial charge in [0.1, 0.15) is 6.04 Å². The average molecular weight is 296 g/mol. The van der Waals surface area contributed by atoms with Gasteiger partial charge in [-0.3, -0.25) is 4.79 Å². The summed E-state index contributed by atoms with van der Waals surface area (Å²) in [4.78, 5) is 14.2. The smallest absolute Gasteiger partial charge is 0.241 e. The molecule has 2 rings (SSSR count). The zero-order valence-corrected chi connectivity index (χ0v) is 12.4. The summed E-state index contributed by atoms with van der Waals surface area (Å²) >= 11 is 0. The van der Waals surface area contributed by atoms with Gasteiger partial charge in [0, 0.05) is 13.1 Å². The van der Waals surface area contributed by atoms with Crippen molar-refractivity contribution in [2.24, 2.45) is 0 Å². The van der Waals surface area contributed by atoms with Gasteiger partial charge in [-0.1, -0.05) is 30.3 Å². The van der Waals surface area contributed by atoms with Crippen LogP contribution in [0.15, 0.2) is 30.3 Å². The summed E-state index contributed by atoms with van der Waals surface area (Å²) in [5.41, 5.74) is 0.946. The molecule has 1 N–H and O–H groups in total. The Morgan fingerprint density at radius 2 is 1.85 bits per heavy atom. The Morgan fingerprint density at radius 3 is 2.40 bits per heavy atom. The van der Waals surface area contributed by atoms with Crippen molar-refractivity contribution in [3.05, 3.63) is 35.9 Å². The van der Waals surface area contributed by atoms with E-state index in [9.17, 15) is 13.2 Å². The number of carbonyl (C=O) groups is 1. The van der Waals surface area contributed by atoms with Crippen LogP contribution in [0.1, 0.15) is 18.4 Å². The second-order valence-electron chi connectivity index (χ2n) is 5.16. The molecule has 1 aliphatic rings. The first-order chi connectivity index (χ1) is 9.46. The van der Waals surface area contributed by atoms with Crippen molar-refractivity contribution in [2.75, 3.05) is 19.3 Å². The molecule has 1 heterocycles. The molecule has 1 aromatic rings. The van der Waals surface area contributed by atoms with Gasteiger partial charge >= 0.3 is 0 Å². The molecule has 0 aromatic heterocycles. The zero-order valence-electron chi connectivity index (χ0n) is 11.6. The Bertz CT molecular complexity index is 551. The summed E-state index contributed by atoms with van der Waals surface area (Å²) in [7, 11) is -3.42. The van der Waals surface area contributed by atoms with Gasteiger partial charge in [-0.05, 0) is 24.8 Å². The number of rotatable bonds is 5. The van der Waals surface area contributed by atoms with Crippen molar-refractivity contribution in [1.82, 2.24) is 9.62 Å². The molecule has 0 spiro atoms. The molecule has 0 aliphatic carbocycles. The minimum atomic E-state index is -3.42. The van der Waals surface area contributed by atoms with Crippen molar-refractivity contribution in [3.63, 3.8) is 0 Å². The number of nitrogens with zero attached hydrogens (tertiary/aromatic N) is 1. The van der Waals surface area contributed by atoms with Crippen LogP contribution in [-0.2, 0) is 21.2 Å². The molecule has 1 fully saturated rings. The predicted molar refractivity (Wildman–Crippen MR) is 77.7 cm³/mol. The Hall–Kier alpha value is -1.40. The van der Waals surface area contributed by atoms with Crippen LogP contribution < -0.4 is 4.72 Å². The minimum Gasteiger partial charge on any atom is -0.341 e. The van der Waals surface area contributed by atoms with Gasteiger partial charge in [0.15, 0.2) is 0 Å². The van der Waals surface area contributed by atoms with Gasteiger partial charge in [0.25, 0.3) is 0 Å². The van der Waals surface area contributed by atoms with Crippen LogP contribution in [0.25, 0.3) is 0 Å². The first kappa shape index (κ1) is 15.0. The van der Waals surface area contributed by atoms with E-state index in [0.717, 1.165) is 37.8 Å². The van der Waals surface area contributed by atoms with E-state index in [1.54, 1.807) is 4.90 Å². The fourth-order valence-corrected chi connectivity index (χ4v) is 3.15. The third-order valence-corrected chi connectivity index (χ3v) is 4.07. The number of carbonyl (C=O) groups excluding carboxylic acids is 1. The van der Waals surface area contributed by atoms with Crippen LogP contribution in [0.4, 0.5) is 0 Å². The molecule has 0 radical (unpaired) electrons. The van der Waals surface area contributed by atoms with E-state index in [0.29, 0.717) is 6.42 Å². The highest BCUT2D eigenvalue weighted by Crippen LogP contribution is 2.12. The molecular weight excluding hydrogens is 276 g/mol. The summed E-state index contributed by atoms with van der Waals surface area (Å²) < 4.78 is 25.4. The second kappa shape index (κ2) is 6.37. The van der Waals surface area contributed by atoms with Gasteiger partial charge in [0.05, 0.1) is 6.26 Å². The van der Waals surface area contributed by atoms with Gasteiger partial charge in [-0.15, -0.1) is 0 Å². The normalized spacial score (nSPS) is 17.1. The van der Waals surface area contributed by atoms with Crippen LogP contribution in [0.3, 0.4) is 0 Å². The first-order valence-corrected chi connectivity index (χ1v) is 8.65. The van der Waals surface area contributed by atoms with Gasteiger partial charge in [-0.2, -0.15) is 0 Å². The number of sulfonamides is 1. The number of hydrogen-bond acceptors (Lipinski definition) is 3. The molecule has 0 bridgehead atoms. The highest BCUT2D eigenvalue weighted by atomic mass is 32.2. The number of amides is 1. The van der Waals surface area contributed by atoms with E-state index in [1.165, 1.54) is 0 Å². The number of nitrogens with one attached hydrogen (secondary N) is 1. The van der Waals surface area contributed by atoms with Crippen molar-refractivity contribution >= 4 is 15.9 Å². The molecule has 1 aliphatic heterocycles. The molecule has 0 saturated carbocycles. The van der Waals surface area contributed by atoms with E-state index in [-0.39, 0.29) is 5.91 Å². The average Bonchev–Trinajstić information content (AvgIpc) is 2.90. The summed E-state index contributed by atoms with van der Waals surface area (Å²) in [6.45, 7) is 1.44. The fourth-order valence-electron chi connectivity index (χ4n) is 2.45.